The topological polar surface area (TPSA) is 52.6 Å². The van der Waals surface area contributed by atoms with Gasteiger partial charge in [0.1, 0.15) is 5.75 Å². The molecule has 0 unspecified atom stereocenters. The average Bonchev–Trinajstić information content (AvgIpc) is 2.45. The highest BCUT2D eigenvalue weighted by Crippen LogP contribution is 2.33. The van der Waals surface area contributed by atoms with E-state index in [0.717, 1.165) is 18.2 Å². The first kappa shape index (κ1) is 17.0. The number of hydrogen-bond acceptors (Lipinski definition) is 4. The fraction of sp³-hybridized carbons (Fsp3) is 0.429. The first-order valence-electron chi connectivity index (χ1n) is 6.15. The van der Waals surface area contributed by atoms with Gasteiger partial charge in [-0.1, -0.05) is 0 Å². The first-order chi connectivity index (χ1) is 9.79. The van der Waals surface area contributed by atoms with Gasteiger partial charge in [-0.25, -0.2) is 0 Å². The number of benzene rings is 1. The molecule has 7 heteroatoms. The zero-order valence-electron chi connectivity index (χ0n) is 11.6. The van der Waals surface area contributed by atoms with E-state index in [1.54, 1.807) is 0 Å². The second kappa shape index (κ2) is 7.10. The predicted octanol–water partition coefficient (Wildman–Crippen LogP) is 3.24. The number of esters is 1. The molecule has 21 heavy (non-hydrogen) atoms. The number of ether oxygens (including phenoxy) is 2. The van der Waals surface area contributed by atoms with Crippen molar-refractivity contribution in [2.45, 2.75) is 25.4 Å². The van der Waals surface area contributed by atoms with E-state index < -0.39 is 23.5 Å². The van der Waals surface area contributed by atoms with E-state index in [4.69, 9.17) is 4.74 Å². The van der Waals surface area contributed by atoms with Crippen molar-refractivity contribution in [3.8, 4) is 5.75 Å². The summed E-state index contributed by atoms with van der Waals surface area (Å²) in [5.74, 6) is -0.910. The molecule has 0 fully saturated rings. The number of hydrogen-bond donors (Lipinski definition) is 0. The van der Waals surface area contributed by atoms with Crippen molar-refractivity contribution < 1.29 is 32.2 Å². The molecule has 0 saturated carbocycles. The largest absolute Gasteiger partial charge is 0.496 e. The molecule has 116 valence electrons. The number of carbonyl (C=O) groups is 2. The number of alkyl halides is 3. The van der Waals surface area contributed by atoms with Crippen LogP contribution in [0.25, 0.3) is 0 Å². The summed E-state index contributed by atoms with van der Waals surface area (Å²) in [5, 5.41) is 0. The van der Waals surface area contributed by atoms with Crippen LogP contribution in [0.5, 0.6) is 5.75 Å². The minimum Gasteiger partial charge on any atom is -0.496 e. The van der Waals surface area contributed by atoms with Crippen molar-refractivity contribution in [1.29, 1.82) is 0 Å². The number of rotatable bonds is 6. The Morgan fingerprint density at radius 3 is 2.33 bits per heavy atom. The van der Waals surface area contributed by atoms with Gasteiger partial charge in [-0.2, -0.15) is 13.2 Å². The van der Waals surface area contributed by atoms with E-state index in [2.05, 4.69) is 4.74 Å². The molecule has 0 bridgehead atoms. The molecule has 0 saturated heterocycles. The number of carbonyl (C=O) groups excluding carboxylic acids is 2. The molecule has 0 amide bonds. The van der Waals surface area contributed by atoms with Crippen LogP contribution in [0.1, 0.15) is 35.2 Å². The highest BCUT2D eigenvalue weighted by atomic mass is 19.4. The lowest BCUT2D eigenvalue weighted by atomic mass is 10.0. The van der Waals surface area contributed by atoms with Crippen LogP contribution in [-0.4, -0.2) is 26.0 Å². The van der Waals surface area contributed by atoms with Crippen LogP contribution < -0.4 is 4.74 Å². The standard InChI is InChI=1S/C14H15F3O4/c1-20-12-7-6-9(14(15,16)17)8-10(12)11(18)4-3-5-13(19)21-2/h6-8H,3-5H2,1-2H3. The van der Waals surface area contributed by atoms with Crippen LogP contribution in [0, 0.1) is 0 Å². The monoisotopic (exact) mass is 304 g/mol. The minimum absolute atomic E-state index is 0.0313. The molecular formula is C14H15F3O4. The average molecular weight is 304 g/mol. The number of methoxy groups -OCH3 is 2. The number of halogens is 3. The zero-order chi connectivity index (χ0) is 16.0. The van der Waals surface area contributed by atoms with E-state index in [0.29, 0.717) is 0 Å². The molecular weight excluding hydrogens is 289 g/mol. The smallest absolute Gasteiger partial charge is 0.416 e. The summed E-state index contributed by atoms with van der Waals surface area (Å²) in [7, 11) is 2.49. The van der Waals surface area contributed by atoms with Gasteiger partial charge in [-0.05, 0) is 24.6 Å². The Hall–Kier alpha value is -2.05. The fourth-order valence-corrected chi connectivity index (χ4v) is 1.73. The quantitative estimate of drug-likeness (QED) is 0.598. The van der Waals surface area contributed by atoms with E-state index in [1.807, 2.05) is 0 Å². The summed E-state index contributed by atoms with van der Waals surface area (Å²) >= 11 is 0. The molecule has 1 aromatic carbocycles. The van der Waals surface area contributed by atoms with Gasteiger partial charge in [0.15, 0.2) is 5.78 Å². The van der Waals surface area contributed by atoms with Crippen LogP contribution in [0.4, 0.5) is 13.2 Å². The summed E-state index contributed by atoms with van der Waals surface area (Å²) < 4.78 is 47.3. The zero-order valence-corrected chi connectivity index (χ0v) is 11.6. The van der Waals surface area contributed by atoms with E-state index in [-0.39, 0.29) is 30.6 Å². The Morgan fingerprint density at radius 2 is 1.81 bits per heavy atom. The Labute approximate surface area is 119 Å². The van der Waals surface area contributed by atoms with Crippen LogP contribution in [0.15, 0.2) is 18.2 Å². The number of Topliss-reactive ketones (excluding diaryl/α,β-unsaturated/α-hetero) is 1. The van der Waals surface area contributed by atoms with E-state index in [1.165, 1.54) is 14.2 Å². The maximum absolute atomic E-state index is 12.7. The molecule has 0 aromatic heterocycles. The lowest BCUT2D eigenvalue weighted by Crippen LogP contribution is -2.09. The highest BCUT2D eigenvalue weighted by molar-refractivity contribution is 5.99. The van der Waals surface area contributed by atoms with Crippen molar-refractivity contribution in [2.75, 3.05) is 14.2 Å². The second-order valence-corrected chi connectivity index (χ2v) is 4.27. The second-order valence-electron chi connectivity index (χ2n) is 4.27. The summed E-state index contributed by atoms with van der Waals surface area (Å²) in [6, 6.07) is 2.72. The molecule has 0 aliphatic rings. The van der Waals surface area contributed by atoms with Crippen LogP contribution in [0.2, 0.25) is 0 Å². The van der Waals surface area contributed by atoms with Gasteiger partial charge < -0.3 is 9.47 Å². The third-order valence-electron chi connectivity index (χ3n) is 2.84. The summed E-state index contributed by atoms with van der Waals surface area (Å²) in [6.07, 6.45) is -4.37. The summed E-state index contributed by atoms with van der Waals surface area (Å²) in [4.78, 5) is 22.9. The van der Waals surface area contributed by atoms with E-state index in [9.17, 15) is 22.8 Å². The Kier molecular flexibility index (Phi) is 5.75. The van der Waals surface area contributed by atoms with Crippen LogP contribution in [-0.2, 0) is 15.7 Å². The Bertz CT molecular complexity index is 523. The lowest BCUT2D eigenvalue weighted by molar-refractivity contribution is -0.140. The lowest BCUT2D eigenvalue weighted by Gasteiger charge is -2.12. The fourth-order valence-electron chi connectivity index (χ4n) is 1.73. The molecule has 0 heterocycles. The molecule has 0 aliphatic carbocycles. The van der Waals surface area contributed by atoms with Crippen LogP contribution >= 0.6 is 0 Å². The normalized spacial score (nSPS) is 11.1. The van der Waals surface area contributed by atoms with Crippen molar-refractivity contribution in [2.24, 2.45) is 0 Å². The SMILES string of the molecule is COC(=O)CCCC(=O)c1cc(C(F)(F)F)ccc1OC. The van der Waals surface area contributed by atoms with Gasteiger partial charge in [-0.15, -0.1) is 0 Å². The first-order valence-corrected chi connectivity index (χ1v) is 6.15. The third kappa shape index (κ3) is 4.77. The number of ketones is 1. The van der Waals surface area contributed by atoms with Crippen molar-refractivity contribution in [3.05, 3.63) is 29.3 Å². The van der Waals surface area contributed by atoms with Gasteiger partial charge in [0.25, 0.3) is 0 Å². The molecule has 0 atom stereocenters. The Balaban J connectivity index is 2.88. The van der Waals surface area contributed by atoms with Crippen molar-refractivity contribution >= 4 is 11.8 Å². The maximum atomic E-state index is 12.7. The third-order valence-corrected chi connectivity index (χ3v) is 2.84. The predicted molar refractivity (Wildman–Crippen MR) is 68.2 cm³/mol. The summed E-state index contributed by atoms with van der Waals surface area (Å²) in [6.45, 7) is 0. The van der Waals surface area contributed by atoms with Gasteiger partial charge >= 0.3 is 12.1 Å². The maximum Gasteiger partial charge on any atom is 0.416 e. The summed E-state index contributed by atoms with van der Waals surface area (Å²) in [5.41, 5.74) is -1.06. The Morgan fingerprint density at radius 1 is 1.14 bits per heavy atom. The van der Waals surface area contributed by atoms with Gasteiger partial charge in [0.05, 0.1) is 25.3 Å². The molecule has 0 spiro atoms. The molecule has 4 nitrogen and oxygen atoms in total. The highest BCUT2D eigenvalue weighted by Gasteiger charge is 2.31. The minimum atomic E-state index is -4.53. The van der Waals surface area contributed by atoms with Gasteiger partial charge in [0.2, 0.25) is 0 Å². The van der Waals surface area contributed by atoms with Gasteiger partial charge in [-0.3, -0.25) is 9.59 Å². The van der Waals surface area contributed by atoms with E-state index >= 15 is 0 Å². The van der Waals surface area contributed by atoms with Gasteiger partial charge in [0, 0.05) is 12.8 Å². The molecule has 0 radical (unpaired) electrons. The molecule has 0 N–H and O–H groups in total. The molecule has 1 rings (SSSR count). The van der Waals surface area contributed by atoms with Crippen molar-refractivity contribution in [1.82, 2.24) is 0 Å². The van der Waals surface area contributed by atoms with Crippen molar-refractivity contribution in [3.63, 3.8) is 0 Å². The molecule has 0 aliphatic heterocycles. The van der Waals surface area contributed by atoms with Crippen LogP contribution in [0.3, 0.4) is 0 Å². The molecule has 1 aromatic rings.